The molecule has 1 atom stereocenters. The van der Waals surface area contributed by atoms with E-state index in [-0.39, 0.29) is 18.5 Å². The highest BCUT2D eigenvalue weighted by Gasteiger charge is 2.19. The maximum atomic E-state index is 13.2. The largest absolute Gasteiger partial charge is 0.491 e. The van der Waals surface area contributed by atoms with Crippen molar-refractivity contribution in [2.45, 2.75) is 25.0 Å². The molecule has 0 amide bonds. The van der Waals surface area contributed by atoms with Crippen molar-refractivity contribution in [2.24, 2.45) is 0 Å². The van der Waals surface area contributed by atoms with Crippen molar-refractivity contribution >= 4 is 15.9 Å². The molecule has 0 radical (unpaired) electrons. The van der Waals surface area contributed by atoms with Crippen LogP contribution in [-0.4, -0.2) is 53.6 Å². The molecule has 4 nitrogen and oxygen atoms in total. The van der Waals surface area contributed by atoms with Gasteiger partial charge in [0.25, 0.3) is 0 Å². The molecule has 0 saturated carbocycles. The average molecular weight is 348 g/mol. The van der Waals surface area contributed by atoms with Gasteiger partial charge in [-0.3, -0.25) is 0 Å². The average Bonchev–Trinajstić information content (AvgIpc) is 2.38. The fraction of sp³-hybridized carbons (Fsp3) is 0.571. The highest BCUT2D eigenvalue weighted by molar-refractivity contribution is 9.10. The van der Waals surface area contributed by atoms with E-state index in [4.69, 9.17) is 4.74 Å². The summed E-state index contributed by atoms with van der Waals surface area (Å²) in [4.78, 5) is 2.10. The minimum Gasteiger partial charge on any atom is -0.491 e. The quantitative estimate of drug-likeness (QED) is 0.852. The summed E-state index contributed by atoms with van der Waals surface area (Å²) in [6.07, 6.45) is 0.631. The molecule has 1 aromatic rings. The molecule has 1 aliphatic rings. The Labute approximate surface area is 126 Å². The second kappa shape index (κ2) is 7.36. The first-order valence-corrected chi connectivity index (χ1v) is 7.49. The zero-order chi connectivity index (χ0) is 14.5. The molecule has 1 aromatic carbocycles. The number of aliphatic hydroxyl groups is 2. The van der Waals surface area contributed by atoms with Crippen LogP contribution >= 0.6 is 15.9 Å². The summed E-state index contributed by atoms with van der Waals surface area (Å²) < 4.78 is 19.2. The normalized spacial score (nSPS) is 19.0. The Morgan fingerprint density at radius 2 is 2.05 bits per heavy atom. The molecule has 2 N–H and O–H groups in total. The van der Waals surface area contributed by atoms with E-state index in [1.807, 2.05) is 0 Å². The fourth-order valence-corrected chi connectivity index (χ4v) is 2.70. The molecular formula is C14H19BrFNO3. The van der Waals surface area contributed by atoms with E-state index in [2.05, 4.69) is 20.8 Å². The van der Waals surface area contributed by atoms with Crippen LogP contribution in [0.5, 0.6) is 5.75 Å². The monoisotopic (exact) mass is 347 g/mol. The molecule has 0 bridgehead atoms. The molecule has 0 unspecified atom stereocenters. The number of ether oxygens (including phenoxy) is 1. The maximum absolute atomic E-state index is 13.2. The van der Waals surface area contributed by atoms with Gasteiger partial charge in [0.15, 0.2) is 0 Å². The lowest BCUT2D eigenvalue weighted by molar-refractivity contribution is 0.0337. The van der Waals surface area contributed by atoms with Crippen LogP contribution in [0, 0.1) is 5.82 Å². The predicted molar refractivity (Wildman–Crippen MR) is 77.3 cm³/mol. The van der Waals surface area contributed by atoms with Crippen molar-refractivity contribution in [2.75, 3.05) is 26.2 Å². The van der Waals surface area contributed by atoms with Crippen molar-refractivity contribution in [3.63, 3.8) is 0 Å². The predicted octanol–water partition coefficient (Wildman–Crippen LogP) is 1.78. The van der Waals surface area contributed by atoms with Crippen molar-refractivity contribution in [1.82, 2.24) is 4.90 Å². The van der Waals surface area contributed by atoms with Crippen LogP contribution in [0.1, 0.15) is 12.8 Å². The number of piperidine rings is 1. The third-order valence-corrected chi connectivity index (χ3v) is 3.76. The van der Waals surface area contributed by atoms with Crippen LogP contribution in [0.2, 0.25) is 0 Å². The van der Waals surface area contributed by atoms with E-state index >= 15 is 0 Å². The summed E-state index contributed by atoms with van der Waals surface area (Å²) in [6.45, 7) is 2.19. The molecule has 6 heteroatoms. The van der Waals surface area contributed by atoms with E-state index in [0.717, 1.165) is 25.9 Å². The van der Waals surface area contributed by atoms with Crippen LogP contribution in [0.4, 0.5) is 4.39 Å². The first-order valence-electron chi connectivity index (χ1n) is 6.70. The first kappa shape index (κ1) is 15.7. The maximum Gasteiger partial charge on any atom is 0.128 e. The minimum atomic E-state index is -0.632. The molecule has 0 aromatic heterocycles. The lowest BCUT2D eigenvalue weighted by Gasteiger charge is -2.30. The van der Waals surface area contributed by atoms with Gasteiger partial charge >= 0.3 is 0 Å². The molecule has 1 aliphatic heterocycles. The smallest absolute Gasteiger partial charge is 0.128 e. The second-order valence-electron chi connectivity index (χ2n) is 5.10. The summed E-state index contributed by atoms with van der Waals surface area (Å²) in [5.41, 5.74) is 0. The number of rotatable bonds is 5. The van der Waals surface area contributed by atoms with Crippen molar-refractivity contribution < 1.29 is 19.3 Å². The number of halogens is 2. The third-order valence-electron chi connectivity index (χ3n) is 3.30. The number of nitrogens with zero attached hydrogens (tertiary/aromatic N) is 1. The number of β-amino-alcohol motifs (C(OH)–C–C–N with tert-alkyl or cyclic N) is 1. The SMILES string of the molecule is OC1CCN(C[C@H](O)COc2cc(F)cc(Br)c2)CC1. The molecule has 0 spiro atoms. The third kappa shape index (κ3) is 5.01. The Kier molecular flexibility index (Phi) is 5.77. The van der Waals surface area contributed by atoms with Crippen LogP contribution in [-0.2, 0) is 0 Å². The molecular weight excluding hydrogens is 329 g/mol. The summed E-state index contributed by atoms with van der Waals surface area (Å²) >= 11 is 3.19. The van der Waals surface area contributed by atoms with Gasteiger partial charge in [0.2, 0.25) is 0 Å². The lowest BCUT2D eigenvalue weighted by Crippen LogP contribution is -2.41. The van der Waals surface area contributed by atoms with Gasteiger partial charge in [-0.2, -0.15) is 0 Å². The van der Waals surface area contributed by atoms with Crippen molar-refractivity contribution in [3.8, 4) is 5.75 Å². The van der Waals surface area contributed by atoms with Gasteiger partial charge in [-0.25, -0.2) is 4.39 Å². The lowest BCUT2D eigenvalue weighted by atomic mass is 10.1. The van der Waals surface area contributed by atoms with Gasteiger partial charge in [0.1, 0.15) is 24.3 Å². The Balaban J connectivity index is 1.75. The number of aliphatic hydroxyl groups excluding tert-OH is 2. The van der Waals surface area contributed by atoms with E-state index in [9.17, 15) is 14.6 Å². The van der Waals surface area contributed by atoms with E-state index in [0.29, 0.717) is 16.8 Å². The zero-order valence-electron chi connectivity index (χ0n) is 11.1. The topological polar surface area (TPSA) is 52.9 Å². The molecule has 20 heavy (non-hydrogen) atoms. The van der Waals surface area contributed by atoms with Gasteiger partial charge in [0.05, 0.1) is 6.10 Å². The van der Waals surface area contributed by atoms with Crippen LogP contribution in [0.15, 0.2) is 22.7 Å². The molecule has 112 valence electrons. The second-order valence-corrected chi connectivity index (χ2v) is 6.02. The summed E-state index contributed by atoms with van der Waals surface area (Å²) in [5.74, 6) is 0.0128. The van der Waals surface area contributed by atoms with Crippen molar-refractivity contribution in [1.29, 1.82) is 0 Å². The van der Waals surface area contributed by atoms with E-state index < -0.39 is 6.10 Å². The fourth-order valence-electron chi connectivity index (χ4n) is 2.26. The number of hydrogen-bond donors (Lipinski definition) is 2. The van der Waals surface area contributed by atoms with Gasteiger partial charge in [-0.05, 0) is 25.0 Å². The molecule has 0 aliphatic carbocycles. The van der Waals surface area contributed by atoms with Gasteiger partial charge in [0, 0.05) is 30.2 Å². The molecule has 2 rings (SSSR count). The van der Waals surface area contributed by atoms with Gasteiger partial charge in [-0.1, -0.05) is 15.9 Å². The van der Waals surface area contributed by atoms with Gasteiger partial charge < -0.3 is 19.8 Å². The highest BCUT2D eigenvalue weighted by atomic mass is 79.9. The summed E-state index contributed by atoms with van der Waals surface area (Å²) in [5, 5.41) is 19.3. The Bertz CT molecular complexity index is 418. The Hall–Kier alpha value is -0.690. The van der Waals surface area contributed by atoms with Crippen LogP contribution in [0.3, 0.4) is 0 Å². The van der Waals surface area contributed by atoms with E-state index in [1.165, 1.54) is 12.1 Å². The zero-order valence-corrected chi connectivity index (χ0v) is 12.7. The standard InChI is InChI=1S/C14H19BrFNO3/c15-10-5-11(16)7-14(6-10)20-9-13(19)8-17-3-1-12(18)2-4-17/h5-7,12-13,18-19H,1-4,8-9H2/t13-/m0/s1. The number of hydrogen-bond acceptors (Lipinski definition) is 4. The summed E-state index contributed by atoms with van der Waals surface area (Å²) in [6, 6.07) is 4.30. The van der Waals surface area contributed by atoms with E-state index in [1.54, 1.807) is 6.07 Å². The molecule has 1 fully saturated rings. The summed E-state index contributed by atoms with van der Waals surface area (Å²) in [7, 11) is 0. The Morgan fingerprint density at radius 3 is 2.70 bits per heavy atom. The highest BCUT2D eigenvalue weighted by Crippen LogP contribution is 2.20. The molecule has 1 heterocycles. The number of benzene rings is 1. The number of likely N-dealkylation sites (tertiary alicyclic amines) is 1. The first-order chi connectivity index (χ1) is 9.52. The van der Waals surface area contributed by atoms with Crippen LogP contribution < -0.4 is 4.74 Å². The molecule has 1 saturated heterocycles. The minimum absolute atomic E-state index is 0.120. The van der Waals surface area contributed by atoms with Crippen LogP contribution in [0.25, 0.3) is 0 Å². The Morgan fingerprint density at radius 1 is 1.35 bits per heavy atom. The van der Waals surface area contributed by atoms with Crippen molar-refractivity contribution in [3.05, 3.63) is 28.5 Å². The van der Waals surface area contributed by atoms with Gasteiger partial charge in [-0.15, -0.1) is 0 Å².